The maximum Gasteiger partial charge on any atom is 0.0669 e. The highest BCUT2D eigenvalue weighted by Gasteiger charge is 2.32. The third-order valence-electron chi connectivity index (χ3n) is 4.27. The van der Waals surface area contributed by atoms with Crippen LogP contribution in [0.5, 0.6) is 0 Å². The zero-order valence-corrected chi connectivity index (χ0v) is 11.2. The number of rotatable bonds is 6. The summed E-state index contributed by atoms with van der Waals surface area (Å²) in [7, 11) is 0. The van der Waals surface area contributed by atoms with Crippen molar-refractivity contribution in [2.45, 2.75) is 39.0 Å². The standard InChI is InChI=1S/C14H23N3O/c1-2-14(12-18)5-8-17(9-6-14)11-13(10-16)4-3-7-15/h13,18H,2-6,8-9,11-12H2,1H3. The first kappa shape index (κ1) is 15.0. The number of aliphatic hydroxyl groups excluding tert-OH is 1. The van der Waals surface area contributed by atoms with Gasteiger partial charge in [-0.05, 0) is 44.2 Å². The van der Waals surface area contributed by atoms with Crippen LogP contribution in [0.1, 0.15) is 39.0 Å². The van der Waals surface area contributed by atoms with Gasteiger partial charge in [-0.3, -0.25) is 0 Å². The van der Waals surface area contributed by atoms with Gasteiger partial charge in [0.1, 0.15) is 0 Å². The summed E-state index contributed by atoms with van der Waals surface area (Å²) in [6.45, 7) is 5.09. The summed E-state index contributed by atoms with van der Waals surface area (Å²) in [4.78, 5) is 2.30. The number of nitriles is 2. The van der Waals surface area contributed by atoms with Crippen molar-refractivity contribution in [1.82, 2.24) is 4.90 Å². The molecule has 4 heteroatoms. The van der Waals surface area contributed by atoms with Gasteiger partial charge in [0.05, 0.1) is 18.1 Å². The molecule has 0 bridgehead atoms. The number of piperidine rings is 1. The molecule has 0 amide bonds. The lowest BCUT2D eigenvalue weighted by Gasteiger charge is -2.40. The van der Waals surface area contributed by atoms with Crippen LogP contribution in [0, 0.1) is 34.0 Å². The average Bonchev–Trinajstić information content (AvgIpc) is 2.44. The van der Waals surface area contributed by atoms with E-state index in [9.17, 15) is 5.11 Å². The van der Waals surface area contributed by atoms with Gasteiger partial charge < -0.3 is 10.0 Å². The number of aliphatic hydroxyl groups is 1. The fourth-order valence-corrected chi connectivity index (χ4v) is 2.58. The molecule has 0 aromatic carbocycles. The van der Waals surface area contributed by atoms with Gasteiger partial charge in [0.15, 0.2) is 0 Å². The Labute approximate surface area is 110 Å². The van der Waals surface area contributed by atoms with E-state index in [4.69, 9.17) is 10.5 Å². The van der Waals surface area contributed by atoms with Crippen molar-refractivity contribution in [2.75, 3.05) is 26.2 Å². The van der Waals surface area contributed by atoms with Crippen LogP contribution in [0.15, 0.2) is 0 Å². The lowest BCUT2D eigenvalue weighted by Crippen LogP contribution is -2.43. The molecule has 1 aliphatic heterocycles. The normalized spacial score (nSPS) is 20.9. The maximum atomic E-state index is 9.47. The fraction of sp³-hybridized carbons (Fsp3) is 0.857. The number of hydrogen-bond acceptors (Lipinski definition) is 4. The van der Waals surface area contributed by atoms with Crippen LogP contribution < -0.4 is 0 Å². The summed E-state index contributed by atoms with van der Waals surface area (Å²) in [6.07, 6.45) is 4.17. The minimum atomic E-state index is -0.0343. The molecule has 1 atom stereocenters. The summed E-state index contributed by atoms with van der Waals surface area (Å²) >= 11 is 0. The van der Waals surface area contributed by atoms with E-state index in [-0.39, 0.29) is 17.9 Å². The molecule has 1 saturated heterocycles. The molecule has 1 fully saturated rings. The Morgan fingerprint density at radius 2 is 2.00 bits per heavy atom. The van der Waals surface area contributed by atoms with Gasteiger partial charge >= 0.3 is 0 Å². The summed E-state index contributed by atoms with van der Waals surface area (Å²) in [5.74, 6) is -0.0343. The van der Waals surface area contributed by atoms with E-state index < -0.39 is 0 Å². The van der Waals surface area contributed by atoms with Crippen LogP contribution in [0.2, 0.25) is 0 Å². The van der Waals surface area contributed by atoms with Crippen LogP contribution >= 0.6 is 0 Å². The lowest BCUT2D eigenvalue weighted by atomic mass is 9.77. The van der Waals surface area contributed by atoms with Crippen molar-refractivity contribution in [3.8, 4) is 12.1 Å². The number of likely N-dealkylation sites (tertiary alicyclic amines) is 1. The molecule has 0 saturated carbocycles. The van der Waals surface area contributed by atoms with Gasteiger partial charge in [0, 0.05) is 19.6 Å². The molecule has 0 aromatic heterocycles. The Bertz CT molecular complexity index is 315. The van der Waals surface area contributed by atoms with Crippen molar-refractivity contribution in [2.24, 2.45) is 11.3 Å². The Balaban J connectivity index is 2.39. The molecular weight excluding hydrogens is 226 g/mol. The van der Waals surface area contributed by atoms with Gasteiger partial charge in [-0.15, -0.1) is 0 Å². The van der Waals surface area contributed by atoms with Crippen molar-refractivity contribution in [1.29, 1.82) is 10.5 Å². The summed E-state index contributed by atoms with van der Waals surface area (Å²) < 4.78 is 0. The predicted octanol–water partition coefficient (Wildman–Crippen LogP) is 1.91. The second kappa shape index (κ2) is 7.36. The van der Waals surface area contributed by atoms with Crippen LogP contribution in [-0.2, 0) is 0 Å². The summed E-state index contributed by atoms with van der Waals surface area (Å²) in [5, 5.41) is 27.1. The Hall–Kier alpha value is -1.10. The molecule has 1 N–H and O–H groups in total. The molecule has 1 rings (SSSR count). The Morgan fingerprint density at radius 1 is 1.33 bits per heavy atom. The SMILES string of the molecule is CCC1(CO)CCN(CC(C#N)CCC#N)CC1. The molecule has 0 aliphatic carbocycles. The lowest BCUT2D eigenvalue weighted by molar-refractivity contribution is 0.0376. The monoisotopic (exact) mass is 249 g/mol. The second-order valence-electron chi connectivity index (χ2n) is 5.34. The van der Waals surface area contributed by atoms with Gasteiger partial charge in [-0.2, -0.15) is 10.5 Å². The van der Waals surface area contributed by atoms with E-state index in [1.807, 2.05) is 0 Å². The number of nitrogens with zero attached hydrogens (tertiary/aromatic N) is 3. The minimum absolute atomic E-state index is 0.0343. The highest BCUT2D eigenvalue weighted by Crippen LogP contribution is 2.34. The van der Waals surface area contributed by atoms with E-state index in [0.29, 0.717) is 12.8 Å². The largest absolute Gasteiger partial charge is 0.396 e. The summed E-state index contributed by atoms with van der Waals surface area (Å²) in [5.41, 5.74) is 0.102. The molecule has 0 radical (unpaired) electrons. The van der Waals surface area contributed by atoms with Crippen molar-refractivity contribution >= 4 is 0 Å². The third kappa shape index (κ3) is 3.98. The highest BCUT2D eigenvalue weighted by molar-refractivity contribution is 4.91. The van der Waals surface area contributed by atoms with E-state index in [1.54, 1.807) is 0 Å². The zero-order valence-electron chi connectivity index (χ0n) is 11.2. The van der Waals surface area contributed by atoms with Crippen LogP contribution in [0.4, 0.5) is 0 Å². The fourth-order valence-electron chi connectivity index (χ4n) is 2.58. The van der Waals surface area contributed by atoms with Crippen LogP contribution in [0.3, 0.4) is 0 Å². The van der Waals surface area contributed by atoms with Gasteiger partial charge in [0.25, 0.3) is 0 Å². The minimum Gasteiger partial charge on any atom is -0.396 e. The van der Waals surface area contributed by atoms with Crippen molar-refractivity contribution in [3.63, 3.8) is 0 Å². The molecule has 100 valence electrons. The van der Waals surface area contributed by atoms with E-state index in [2.05, 4.69) is 24.0 Å². The molecule has 1 heterocycles. The quantitative estimate of drug-likeness (QED) is 0.780. The first-order chi connectivity index (χ1) is 8.69. The van der Waals surface area contributed by atoms with E-state index in [0.717, 1.165) is 38.9 Å². The van der Waals surface area contributed by atoms with Gasteiger partial charge in [-0.25, -0.2) is 0 Å². The van der Waals surface area contributed by atoms with Crippen LogP contribution in [0.25, 0.3) is 0 Å². The first-order valence-corrected chi connectivity index (χ1v) is 6.79. The van der Waals surface area contributed by atoms with Gasteiger partial charge in [-0.1, -0.05) is 6.92 Å². The van der Waals surface area contributed by atoms with Crippen LogP contribution in [-0.4, -0.2) is 36.2 Å². The topological polar surface area (TPSA) is 71.0 Å². The van der Waals surface area contributed by atoms with Gasteiger partial charge in [0.2, 0.25) is 0 Å². The second-order valence-corrected chi connectivity index (χ2v) is 5.34. The number of hydrogen-bond donors (Lipinski definition) is 1. The zero-order chi connectivity index (χ0) is 13.4. The molecular formula is C14H23N3O. The molecule has 1 aliphatic rings. The first-order valence-electron chi connectivity index (χ1n) is 6.79. The van der Waals surface area contributed by atoms with Crippen molar-refractivity contribution in [3.05, 3.63) is 0 Å². The molecule has 0 aromatic rings. The molecule has 4 nitrogen and oxygen atoms in total. The molecule has 1 unspecified atom stereocenters. The molecule has 18 heavy (non-hydrogen) atoms. The Morgan fingerprint density at radius 3 is 2.44 bits per heavy atom. The Kier molecular flexibility index (Phi) is 6.12. The smallest absolute Gasteiger partial charge is 0.0669 e. The van der Waals surface area contributed by atoms with E-state index >= 15 is 0 Å². The van der Waals surface area contributed by atoms with E-state index in [1.165, 1.54) is 0 Å². The maximum absolute atomic E-state index is 9.47. The highest BCUT2D eigenvalue weighted by atomic mass is 16.3. The van der Waals surface area contributed by atoms with Crippen molar-refractivity contribution < 1.29 is 5.11 Å². The predicted molar refractivity (Wildman–Crippen MR) is 69.4 cm³/mol. The average molecular weight is 249 g/mol. The third-order valence-corrected chi connectivity index (χ3v) is 4.27. The summed E-state index contributed by atoms with van der Waals surface area (Å²) in [6, 6.07) is 4.39. The molecule has 0 spiro atoms.